The molecule has 1 aromatic carbocycles. The third-order valence-corrected chi connectivity index (χ3v) is 3.67. The van der Waals surface area contributed by atoms with Gasteiger partial charge in [-0.1, -0.05) is 0 Å². The highest BCUT2D eigenvalue weighted by atomic mass is 127. The Hall–Kier alpha value is -0.160. The van der Waals surface area contributed by atoms with Crippen molar-refractivity contribution in [3.63, 3.8) is 0 Å². The molecule has 9 heteroatoms. The van der Waals surface area contributed by atoms with Gasteiger partial charge in [0.05, 0.1) is 11.9 Å². The smallest absolute Gasteiger partial charge is 0.283 e. The zero-order chi connectivity index (χ0) is 13.3. The number of thioether (sulfide) groups is 1. The summed E-state index contributed by atoms with van der Waals surface area (Å²) in [7, 11) is -3.43. The number of sulfonamides is 1. The maximum Gasteiger partial charge on any atom is 0.446 e. The second-order valence-electron chi connectivity index (χ2n) is 3.06. The highest BCUT2D eigenvalue weighted by Crippen LogP contribution is 2.38. The van der Waals surface area contributed by atoms with Crippen molar-refractivity contribution < 1.29 is 21.6 Å². The van der Waals surface area contributed by atoms with Crippen LogP contribution in [0.25, 0.3) is 0 Å². The topological polar surface area (TPSA) is 46.2 Å². The van der Waals surface area contributed by atoms with Crippen molar-refractivity contribution in [2.24, 2.45) is 0 Å². The molecule has 0 aliphatic carbocycles. The first kappa shape index (κ1) is 14.9. The number of hydrogen-bond donors (Lipinski definition) is 1. The normalized spacial score (nSPS) is 12.5. The Kier molecular flexibility index (Phi) is 4.58. The maximum absolute atomic E-state index is 12.1. The summed E-state index contributed by atoms with van der Waals surface area (Å²) in [5, 5.41) is 0. The maximum atomic E-state index is 12.1. The van der Waals surface area contributed by atoms with Crippen molar-refractivity contribution in [1.29, 1.82) is 0 Å². The van der Waals surface area contributed by atoms with Gasteiger partial charge in [0.25, 0.3) is 0 Å². The van der Waals surface area contributed by atoms with Crippen molar-refractivity contribution in [2.75, 3.05) is 11.0 Å². The molecule has 0 atom stereocenters. The average molecular weight is 397 g/mol. The molecule has 0 aromatic heterocycles. The van der Waals surface area contributed by atoms with Gasteiger partial charge in [-0.2, -0.15) is 13.2 Å². The van der Waals surface area contributed by atoms with E-state index < -0.39 is 15.5 Å². The van der Waals surface area contributed by atoms with Gasteiger partial charge in [-0.3, -0.25) is 4.72 Å². The van der Waals surface area contributed by atoms with Gasteiger partial charge < -0.3 is 0 Å². The largest absolute Gasteiger partial charge is 0.446 e. The van der Waals surface area contributed by atoms with E-state index in [4.69, 9.17) is 0 Å². The van der Waals surface area contributed by atoms with Crippen LogP contribution < -0.4 is 4.72 Å². The van der Waals surface area contributed by atoms with E-state index in [0.717, 1.165) is 6.26 Å². The van der Waals surface area contributed by atoms with E-state index in [1.165, 1.54) is 18.2 Å². The number of anilines is 1. The van der Waals surface area contributed by atoms with Gasteiger partial charge in [0, 0.05) is 8.47 Å². The molecular formula is C8H7F3INO2S2. The second-order valence-corrected chi connectivity index (χ2v) is 7.11. The lowest BCUT2D eigenvalue weighted by Gasteiger charge is -2.09. The Bertz CT molecular complexity index is 516. The standard InChI is InChI=1S/C8H7F3INO2S2/c1-17(14,15)13-7-3-2-5(4-6(7)12)16-8(9,10)11/h2-4,13H,1H3. The lowest BCUT2D eigenvalue weighted by Crippen LogP contribution is -2.10. The van der Waals surface area contributed by atoms with Crippen LogP contribution in [-0.4, -0.2) is 20.2 Å². The molecule has 0 saturated carbocycles. The molecule has 1 aromatic rings. The summed E-state index contributed by atoms with van der Waals surface area (Å²) in [6.07, 6.45) is 0.974. The molecule has 0 aliphatic rings. The van der Waals surface area contributed by atoms with Gasteiger partial charge in [-0.05, 0) is 52.6 Å². The van der Waals surface area contributed by atoms with E-state index in [2.05, 4.69) is 4.72 Å². The third kappa shape index (κ3) is 5.82. The number of halogens is 4. The molecule has 0 saturated heterocycles. The van der Waals surface area contributed by atoms with E-state index in [1.54, 1.807) is 22.6 Å². The molecule has 17 heavy (non-hydrogen) atoms. The summed E-state index contributed by atoms with van der Waals surface area (Å²) in [5.74, 6) is 0. The number of alkyl halides is 3. The second kappa shape index (κ2) is 5.22. The number of rotatable bonds is 3. The van der Waals surface area contributed by atoms with Crippen LogP contribution in [0.2, 0.25) is 0 Å². The molecule has 0 aliphatic heterocycles. The summed E-state index contributed by atoms with van der Waals surface area (Å²) in [5.41, 5.74) is -4.09. The van der Waals surface area contributed by atoms with Crippen molar-refractivity contribution in [3.8, 4) is 0 Å². The van der Waals surface area contributed by atoms with Crippen LogP contribution in [-0.2, 0) is 10.0 Å². The number of nitrogens with one attached hydrogen (secondary N) is 1. The molecule has 96 valence electrons. The minimum Gasteiger partial charge on any atom is -0.283 e. The van der Waals surface area contributed by atoms with Crippen LogP contribution in [0.5, 0.6) is 0 Å². The van der Waals surface area contributed by atoms with Gasteiger partial charge >= 0.3 is 5.51 Å². The lowest BCUT2D eigenvalue weighted by molar-refractivity contribution is -0.0328. The van der Waals surface area contributed by atoms with Crippen molar-refractivity contribution in [3.05, 3.63) is 21.8 Å². The fraction of sp³-hybridized carbons (Fsp3) is 0.250. The van der Waals surface area contributed by atoms with E-state index in [9.17, 15) is 21.6 Å². The fourth-order valence-corrected chi connectivity index (χ4v) is 3.18. The average Bonchev–Trinajstić information content (AvgIpc) is 2.05. The van der Waals surface area contributed by atoms with Gasteiger partial charge in [0.1, 0.15) is 0 Å². The van der Waals surface area contributed by atoms with Gasteiger partial charge in [0.15, 0.2) is 0 Å². The minimum atomic E-state index is -4.35. The Balaban J connectivity index is 2.94. The van der Waals surface area contributed by atoms with Gasteiger partial charge in [-0.15, -0.1) is 0 Å². The Morgan fingerprint density at radius 2 is 1.94 bits per heavy atom. The van der Waals surface area contributed by atoms with Crippen LogP contribution in [0.3, 0.4) is 0 Å². The predicted octanol–water partition coefficient (Wildman–Crippen LogP) is 3.27. The van der Waals surface area contributed by atoms with Crippen LogP contribution in [0, 0.1) is 3.57 Å². The molecule has 1 rings (SSSR count). The predicted molar refractivity (Wildman–Crippen MR) is 69.5 cm³/mol. The number of benzene rings is 1. The zero-order valence-corrected chi connectivity index (χ0v) is 12.2. The minimum absolute atomic E-state index is 0.0148. The molecule has 0 bridgehead atoms. The highest BCUT2D eigenvalue weighted by Gasteiger charge is 2.29. The molecule has 0 fully saturated rings. The molecule has 0 heterocycles. The van der Waals surface area contributed by atoms with Gasteiger partial charge in [-0.25, -0.2) is 8.42 Å². The first-order valence-electron chi connectivity index (χ1n) is 4.10. The number of hydrogen-bond acceptors (Lipinski definition) is 3. The van der Waals surface area contributed by atoms with Crippen LogP contribution in [0.4, 0.5) is 18.9 Å². The first-order chi connectivity index (χ1) is 7.57. The molecule has 0 spiro atoms. The zero-order valence-electron chi connectivity index (χ0n) is 8.38. The van der Waals surface area contributed by atoms with E-state index in [-0.39, 0.29) is 22.3 Å². The fourth-order valence-electron chi connectivity index (χ4n) is 0.975. The molecule has 0 unspecified atom stereocenters. The Labute approximate surface area is 114 Å². The quantitative estimate of drug-likeness (QED) is 0.629. The summed E-state index contributed by atoms with van der Waals surface area (Å²) in [6.45, 7) is 0. The van der Waals surface area contributed by atoms with E-state index in [0.29, 0.717) is 3.57 Å². The molecule has 1 N–H and O–H groups in total. The van der Waals surface area contributed by atoms with Crippen LogP contribution >= 0.6 is 34.4 Å². The summed E-state index contributed by atoms with van der Waals surface area (Å²) in [4.78, 5) is 0.0148. The molecule has 0 amide bonds. The summed E-state index contributed by atoms with van der Waals surface area (Å²) in [6, 6.07) is 3.79. The summed E-state index contributed by atoms with van der Waals surface area (Å²) >= 11 is 1.53. The molecule has 3 nitrogen and oxygen atoms in total. The first-order valence-corrected chi connectivity index (χ1v) is 7.88. The lowest BCUT2D eigenvalue weighted by atomic mass is 10.3. The summed E-state index contributed by atoms with van der Waals surface area (Å²) < 4.78 is 60.8. The molecular weight excluding hydrogens is 390 g/mol. The van der Waals surface area contributed by atoms with E-state index >= 15 is 0 Å². The Morgan fingerprint density at radius 3 is 2.35 bits per heavy atom. The monoisotopic (exact) mass is 397 g/mol. The van der Waals surface area contributed by atoms with Gasteiger partial charge in [0.2, 0.25) is 10.0 Å². The van der Waals surface area contributed by atoms with Crippen LogP contribution in [0.1, 0.15) is 0 Å². The Morgan fingerprint density at radius 1 is 1.35 bits per heavy atom. The third-order valence-electron chi connectivity index (χ3n) is 1.47. The molecule has 0 radical (unpaired) electrons. The van der Waals surface area contributed by atoms with Crippen molar-refractivity contribution >= 4 is 50.1 Å². The van der Waals surface area contributed by atoms with Crippen molar-refractivity contribution in [1.82, 2.24) is 0 Å². The SMILES string of the molecule is CS(=O)(=O)Nc1ccc(SC(F)(F)F)cc1I. The van der Waals surface area contributed by atoms with Crippen LogP contribution in [0.15, 0.2) is 23.1 Å². The van der Waals surface area contributed by atoms with Crippen molar-refractivity contribution in [2.45, 2.75) is 10.4 Å². The van der Waals surface area contributed by atoms with E-state index in [1.807, 2.05) is 0 Å². The highest BCUT2D eigenvalue weighted by molar-refractivity contribution is 14.1.